The van der Waals surface area contributed by atoms with Crippen LogP contribution in [0.15, 0.2) is 18.2 Å². The smallest absolute Gasteiger partial charge is 0.215 e. The fourth-order valence-electron chi connectivity index (χ4n) is 2.49. The summed E-state index contributed by atoms with van der Waals surface area (Å²) in [5.74, 6) is 0. The van der Waals surface area contributed by atoms with Gasteiger partial charge >= 0.3 is 0 Å². The number of nitrogens with zero attached hydrogens (tertiary/aromatic N) is 2. The van der Waals surface area contributed by atoms with Crippen molar-refractivity contribution in [1.82, 2.24) is 4.72 Å². The van der Waals surface area contributed by atoms with E-state index in [1.54, 1.807) is 18.2 Å². The average molecular weight is 314 g/mol. The van der Waals surface area contributed by atoms with Crippen LogP contribution in [-0.4, -0.2) is 33.8 Å². The van der Waals surface area contributed by atoms with Gasteiger partial charge in [-0.3, -0.25) is 0 Å². The summed E-state index contributed by atoms with van der Waals surface area (Å²) < 4.78 is 26.2. The fourth-order valence-corrected chi connectivity index (χ4v) is 3.97. The molecule has 0 aliphatic carbocycles. The van der Waals surface area contributed by atoms with E-state index in [0.717, 1.165) is 6.42 Å². The SMILES string of the molecule is CNS(=O)(=O)[C@H]1CCCN(c2c(Cl)cccc2C#N)C1. The van der Waals surface area contributed by atoms with E-state index >= 15 is 0 Å². The summed E-state index contributed by atoms with van der Waals surface area (Å²) in [5, 5.41) is 9.18. The Bertz CT molecular complexity index is 640. The summed E-state index contributed by atoms with van der Waals surface area (Å²) in [7, 11) is -1.89. The lowest BCUT2D eigenvalue weighted by atomic mass is 10.1. The minimum absolute atomic E-state index is 0.349. The van der Waals surface area contributed by atoms with Gasteiger partial charge in [-0.15, -0.1) is 0 Å². The highest BCUT2D eigenvalue weighted by atomic mass is 35.5. The molecule has 1 atom stereocenters. The number of nitriles is 1. The van der Waals surface area contributed by atoms with Crippen LogP contribution in [0, 0.1) is 11.3 Å². The molecule has 1 saturated heterocycles. The molecular formula is C13H16ClN3O2S. The molecule has 1 N–H and O–H groups in total. The monoisotopic (exact) mass is 313 g/mol. The number of anilines is 1. The first-order chi connectivity index (χ1) is 9.49. The molecule has 0 saturated carbocycles. The summed E-state index contributed by atoms with van der Waals surface area (Å²) >= 11 is 6.18. The number of nitrogens with one attached hydrogen (secondary N) is 1. The Morgan fingerprint density at radius 2 is 2.25 bits per heavy atom. The first-order valence-corrected chi connectivity index (χ1v) is 8.28. The van der Waals surface area contributed by atoms with Gasteiger partial charge in [0.1, 0.15) is 6.07 Å². The van der Waals surface area contributed by atoms with Crippen LogP contribution in [0.4, 0.5) is 5.69 Å². The maximum absolute atomic E-state index is 11.9. The zero-order valence-corrected chi connectivity index (χ0v) is 12.7. The largest absolute Gasteiger partial charge is 0.368 e. The Hall–Kier alpha value is -1.29. The fraction of sp³-hybridized carbons (Fsp3) is 0.462. The van der Waals surface area contributed by atoms with Crippen molar-refractivity contribution in [1.29, 1.82) is 5.26 Å². The zero-order valence-electron chi connectivity index (χ0n) is 11.1. The van der Waals surface area contributed by atoms with Gasteiger partial charge in [0.15, 0.2) is 0 Å². The topological polar surface area (TPSA) is 73.2 Å². The highest BCUT2D eigenvalue weighted by Crippen LogP contribution is 2.32. The van der Waals surface area contributed by atoms with Crippen LogP contribution in [0.3, 0.4) is 0 Å². The normalized spacial score (nSPS) is 19.6. The second-order valence-electron chi connectivity index (χ2n) is 4.71. The Labute approximate surface area is 124 Å². The van der Waals surface area contributed by atoms with Gasteiger partial charge in [-0.2, -0.15) is 5.26 Å². The lowest BCUT2D eigenvalue weighted by Gasteiger charge is -2.34. The first kappa shape index (κ1) is 15.1. The number of hydrogen-bond acceptors (Lipinski definition) is 4. The van der Waals surface area contributed by atoms with Gasteiger partial charge in [0.2, 0.25) is 10.0 Å². The molecular weight excluding hydrogens is 298 g/mol. The molecule has 1 aliphatic heterocycles. The summed E-state index contributed by atoms with van der Waals surface area (Å²) in [6.45, 7) is 1.05. The summed E-state index contributed by atoms with van der Waals surface area (Å²) in [4.78, 5) is 1.89. The predicted octanol–water partition coefficient (Wildman–Crippen LogP) is 1.73. The second-order valence-corrected chi connectivity index (χ2v) is 7.28. The lowest BCUT2D eigenvalue weighted by Crippen LogP contribution is -2.46. The minimum Gasteiger partial charge on any atom is -0.368 e. The van der Waals surface area contributed by atoms with E-state index in [1.165, 1.54) is 7.05 Å². The van der Waals surface area contributed by atoms with Crippen molar-refractivity contribution in [2.24, 2.45) is 0 Å². The molecule has 1 aliphatic rings. The molecule has 0 bridgehead atoms. The molecule has 20 heavy (non-hydrogen) atoms. The van der Waals surface area contributed by atoms with E-state index in [1.807, 2.05) is 4.90 Å². The quantitative estimate of drug-likeness (QED) is 0.922. The highest BCUT2D eigenvalue weighted by Gasteiger charge is 2.31. The lowest BCUT2D eigenvalue weighted by molar-refractivity contribution is 0.526. The third-order valence-corrected chi connectivity index (χ3v) is 5.66. The first-order valence-electron chi connectivity index (χ1n) is 6.35. The Kier molecular flexibility index (Phi) is 4.53. The van der Waals surface area contributed by atoms with Gasteiger partial charge in [-0.05, 0) is 32.0 Å². The Morgan fingerprint density at radius 1 is 1.50 bits per heavy atom. The van der Waals surface area contributed by atoms with Crippen molar-refractivity contribution in [3.63, 3.8) is 0 Å². The van der Waals surface area contributed by atoms with E-state index < -0.39 is 15.3 Å². The third-order valence-electron chi connectivity index (χ3n) is 3.52. The van der Waals surface area contributed by atoms with Gasteiger partial charge in [-0.25, -0.2) is 13.1 Å². The summed E-state index contributed by atoms with van der Waals surface area (Å²) in [5.41, 5.74) is 1.10. The van der Waals surface area contributed by atoms with Crippen LogP contribution < -0.4 is 9.62 Å². The molecule has 1 aromatic carbocycles. The highest BCUT2D eigenvalue weighted by molar-refractivity contribution is 7.90. The summed E-state index contributed by atoms with van der Waals surface area (Å²) in [6.07, 6.45) is 1.37. The van der Waals surface area contributed by atoms with Crippen molar-refractivity contribution < 1.29 is 8.42 Å². The van der Waals surface area contributed by atoms with Gasteiger partial charge in [0, 0.05) is 13.1 Å². The molecule has 1 fully saturated rings. The zero-order chi connectivity index (χ0) is 14.8. The van der Waals surface area contributed by atoms with Gasteiger partial charge in [-0.1, -0.05) is 17.7 Å². The van der Waals surface area contributed by atoms with E-state index in [0.29, 0.717) is 35.8 Å². The number of benzene rings is 1. The molecule has 2 rings (SSSR count). The van der Waals surface area contributed by atoms with Gasteiger partial charge < -0.3 is 4.90 Å². The summed E-state index contributed by atoms with van der Waals surface area (Å²) in [6, 6.07) is 7.24. The van der Waals surface area contributed by atoms with E-state index in [4.69, 9.17) is 11.6 Å². The molecule has 0 amide bonds. The van der Waals surface area contributed by atoms with Crippen LogP contribution in [0.2, 0.25) is 5.02 Å². The van der Waals surface area contributed by atoms with Crippen LogP contribution in [-0.2, 0) is 10.0 Å². The van der Waals surface area contributed by atoms with Crippen molar-refractivity contribution >= 4 is 27.3 Å². The van der Waals surface area contributed by atoms with Gasteiger partial charge in [0.05, 0.1) is 21.5 Å². The molecule has 0 unspecified atom stereocenters. The molecule has 0 aromatic heterocycles. The number of sulfonamides is 1. The van der Waals surface area contributed by atoms with Crippen molar-refractivity contribution in [2.45, 2.75) is 18.1 Å². The van der Waals surface area contributed by atoms with Crippen molar-refractivity contribution in [3.05, 3.63) is 28.8 Å². The van der Waals surface area contributed by atoms with Crippen LogP contribution in [0.1, 0.15) is 18.4 Å². The van der Waals surface area contributed by atoms with Crippen LogP contribution >= 0.6 is 11.6 Å². The molecule has 108 valence electrons. The molecule has 1 aromatic rings. The van der Waals surface area contributed by atoms with Crippen molar-refractivity contribution in [2.75, 3.05) is 25.0 Å². The average Bonchev–Trinajstić information content (AvgIpc) is 2.47. The molecule has 1 heterocycles. The molecule has 7 heteroatoms. The van der Waals surface area contributed by atoms with Gasteiger partial charge in [0.25, 0.3) is 0 Å². The minimum atomic E-state index is -3.31. The van der Waals surface area contributed by atoms with E-state index in [-0.39, 0.29) is 0 Å². The van der Waals surface area contributed by atoms with E-state index in [2.05, 4.69) is 10.8 Å². The number of hydrogen-bond donors (Lipinski definition) is 1. The Balaban J connectivity index is 2.33. The second kappa shape index (κ2) is 6.00. The number of para-hydroxylation sites is 1. The number of rotatable bonds is 3. The maximum atomic E-state index is 11.9. The molecule has 0 spiro atoms. The Morgan fingerprint density at radius 3 is 2.90 bits per heavy atom. The number of halogens is 1. The van der Waals surface area contributed by atoms with Crippen LogP contribution in [0.25, 0.3) is 0 Å². The van der Waals surface area contributed by atoms with Crippen LogP contribution in [0.5, 0.6) is 0 Å². The molecule has 0 radical (unpaired) electrons. The molecule has 5 nitrogen and oxygen atoms in total. The third kappa shape index (κ3) is 2.90. The predicted molar refractivity (Wildman–Crippen MR) is 79.4 cm³/mol. The maximum Gasteiger partial charge on any atom is 0.215 e. The number of piperidine rings is 1. The van der Waals surface area contributed by atoms with E-state index in [9.17, 15) is 13.7 Å². The van der Waals surface area contributed by atoms with Crippen molar-refractivity contribution in [3.8, 4) is 6.07 Å². The standard InChI is InChI=1S/C13H16ClN3O2S/c1-16-20(18,19)11-5-3-7-17(9-11)13-10(8-15)4-2-6-12(13)14/h2,4,6,11,16H,3,5,7,9H2,1H3/t11-/m0/s1.